The highest BCUT2D eigenvalue weighted by molar-refractivity contribution is 7.89. The molecule has 19 heavy (non-hydrogen) atoms. The third kappa shape index (κ3) is 3.71. The monoisotopic (exact) mass is 290 g/mol. The van der Waals surface area contributed by atoms with Crippen LogP contribution in [-0.4, -0.2) is 27.5 Å². The Morgan fingerprint density at radius 3 is 2.68 bits per heavy atom. The summed E-state index contributed by atoms with van der Waals surface area (Å²) in [6.07, 6.45) is 2.30. The molecular formula is C12H16F2N2O2S. The van der Waals surface area contributed by atoms with Crippen LogP contribution in [0.4, 0.5) is 8.78 Å². The van der Waals surface area contributed by atoms with E-state index in [1.54, 1.807) is 0 Å². The van der Waals surface area contributed by atoms with Gasteiger partial charge in [0, 0.05) is 6.04 Å². The first kappa shape index (κ1) is 14.4. The van der Waals surface area contributed by atoms with Crippen molar-refractivity contribution in [1.82, 2.24) is 10.0 Å². The predicted octanol–water partition coefficient (Wildman–Crippen LogP) is 1.39. The fraction of sp³-hybridized carbons (Fsp3) is 0.500. The van der Waals surface area contributed by atoms with Crippen molar-refractivity contribution < 1.29 is 17.2 Å². The minimum absolute atomic E-state index is 0.173. The molecule has 106 valence electrons. The van der Waals surface area contributed by atoms with E-state index in [4.69, 9.17) is 0 Å². The molecule has 4 nitrogen and oxygen atoms in total. The van der Waals surface area contributed by atoms with Crippen LogP contribution in [0.25, 0.3) is 0 Å². The molecule has 0 spiro atoms. The van der Waals surface area contributed by atoms with Crippen molar-refractivity contribution in [2.24, 2.45) is 0 Å². The molecule has 0 amide bonds. The summed E-state index contributed by atoms with van der Waals surface area (Å²) >= 11 is 0. The molecule has 1 aromatic carbocycles. The molecule has 1 fully saturated rings. The van der Waals surface area contributed by atoms with Crippen molar-refractivity contribution in [3.05, 3.63) is 29.8 Å². The molecule has 0 radical (unpaired) electrons. The van der Waals surface area contributed by atoms with Gasteiger partial charge in [-0.1, -0.05) is 0 Å². The lowest BCUT2D eigenvalue weighted by atomic mass is 10.1. The SMILES string of the molecule is O=S(=O)(NC1CCCNCC1)c1ccc(F)c(F)c1. The van der Waals surface area contributed by atoms with Gasteiger partial charge < -0.3 is 5.32 Å². The predicted molar refractivity (Wildman–Crippen MR) is 67.2 cm³/mol. The van der Waals surface area contributed by atoms with Crippen molar-refractivity contribution in [1.29, 1.82) is 0 Å². The summed E-state index contributed by atoms with van der Waals surface area (Å²) in [5.41, 5.74) is 0. The highest BCUT2D eigenvalue weighted by Crippen LogP contribution is 2.16. The topological polar surface area (TPSA) is 58.2 Å². The van der Waals surface area contributed by atoms with Crippen LogP contribution in [0.1, 0.15) is 19.3 Å². The highest BCUT2D eigenvalue weighted by Gasteiger charge is 2.22. The summed E-state index contributed by atoms with van der Waals surface area (Å²) in [5.74, 6) is -2.22. The first-order valence-electron chi connectivity index (χ1n) is 6.17. The number of nitrogens with one attached hydrogen (secondary N) is 2. The van der Waals surface area contributed by atoms with E-state index in [1.165, 1.54) is 0 Å². The maximum atomic E-state index is 13.1. The Bertz CT molecular complexity index is 541. The zero-order valence-electron chi connectivity index (χ0n) is 10.3. The molecule has 2 N–H and O–H groups in total. The second-order valence-corrected chi connectivity index (χ2v) is 6.29. The van der Waals surface area contributed by atoms with E-state index in [9.17, 15) is 17.2 Å². The Balaban J connectivity index is 2.14. The van der Waals surface area contributed by atoms with E-state index < -0.39 is 21.7 Å². The molecule has 7 heteroatoms. The first-order chi connectivity index (χ1) is 8.99. The fourth-order valence-corrected chi connectivity index (χ4v) is 3.38. The molecule has 0 aromatic heterocycles. The summed E-state index contributed by atoms with van der Waals surface area (Å²) in [6.45, 7) is 1.61. The van der Waals surface area contributed by atoms with Crippen LogP contribution in [-0.2, 0) is 10.0 Å². The summed E-state index contributed by atoms with van der Waals surface area (Å²) in [5, 5.41) is 3.17. The minimum Gasteiger partial charge on any atom is -0.317 e. The zero-order chi connectivity index (χ0) is 13.9. The van der Waals surface area contributed by atoms with Crippen LogP contribution in [0.5, 0.6) is 0 Å². The maximum Gasteiger partial charge on any atom is 0.240 e. The van der Waals surface area contributed by atoms with Gasteiger partial charge in [0.1, 0.15) is 0 Å². The second-order valence-electron chi connectivity index (χ2n) is 4.58. The van der Waals surface area contributed by atoms with E-state index in [-0.39, 0.29) is 10.9 Å². The van der Waals surface area contributed by atoms with Crippen LogP contribution in [0.2, 0.25) is 0 Å². The number of halogens is 2. The molecular weight excluding hydrogens is 274 g/mol. The molecule has 1 aliphatic heterocycles. The van der Waals surface area contributed by atoms with Crippen molar-refractivity contribution in [2.75, 3.05) is 13.1 Å². The van der Waals surface area contributed by atoms with Gasteiger partial charge in [0.05, 0.1) is 4.90 Å². The molecule has 0 aliphatic carbocycles. The largest absolute Gasteiger partial charge is 0.317 e. The second kappa shape index (κ2) is 5.94. The summed E-state index contributed by atoms with van der Waals surface area (Å²) in [4.78, 5) is -0.247. The molecule has 0 bridgehead atoms. The maximum absolute atomic E-state index is 13.1. The first-order valence-corrected chi connectivity index (χ1v) is 7.65. The quantitative estimate of drug-likeness (QED) is 0.884. The Labute approximate surface area is 111 Å². The Kier molecular flexibility index (Phi) is 4.49. The van der Waals surface area contributed by atoms with Gasteiger partial charge in [0.25, 0.3) is 0 Å². The number of sulfonamides is 1. The zero-order valence-corrected chi connectivity index (χ0v) is 11.1. The van der Waals surface area contributed by atoms with E-state index >= 15 is 0 Å². The smallest absolute Gasteiger partial charge is 0.240 e. The molecule has 0 saturated carbocycles. The standard InChI is InChI=1S/C12H16F2N2O2S/c13-11-4-3-10(8-12(11)14)19(17,18)16-9-2-1-6-15-7-5-9/h3-4,8-9,15-16H,1-2,5-7H2. The van der Waals surface area contributed by atoms with E-state index in [2.05, 4.69) is 10.0 Å². The van der Waals surface area contributed by atoms with Crippen LogP contribution in [0, 0.1) is 11.6 Å². The molecule has 1 saturated heterocycles. The lowest BCUT2D eigenvalue weighted by molar-refractivity contribution is 0.500. The van der Waals surface area contributed by atoms with Crippen LogP contribution in [0.3, 0.4) is 0 Å². The summed E-state index contributed by atoms with van der Waals surface area (Å²) in [6, 6.07) is 2.41. The van der Waals surface area contributed by atoms with E-state index in [0.717, 1.165) is 38.1 Å². The third-order valence-electron chi connectivity index (χ3n) is 3.10. The van der Waals surface area contributed by atoms with Gasteiger partial charge in [-0.15, -0.1) is 0 Å². The average molecular weight is 290 g/mol. The molecule has 1 atom stereocenters. The molecule has 2 rings (SSSR count). The number of benzene rings is 1. The Morgan fingerprint density at radius 1 is 1.16 bits per heavy atom. The van der Waals surface area contributed by atoms with Gasteiger partial charge >= 0.3 is 0 Å². The van der Waals surface area contributed by atoms with Crippen molar-refractivity contribution in [2.45, 2.75) is 30.2 Å². The van der Waals surface area contributed by atoms with Crippen molar-refractivity contribution in [3.63, 3.8) is 0 Å². The summed E-state index contributed by atoms with van der Waals surface area (Å²) in [7, 11) is -3.80. The molecule has 1 aromatic rings. The van der Waals surface area contributed by atoms with Crippen LogP contribution in [0.15, 0.2) is 23.1 Å². The number of hydrogen-bond donors (Lipinski definition) is 2. The fourth-order valence-electron chi connectivity index (χ4n) is 2.07. The highest BCUT2D eigenvalue weighted by atomic mass is 32.2. The van der Waals surface area contributed by atoms with Gasteiger partial charge in [-0.3, -0.25) is 0 Å². The molecule has 1 heterocycles. The van der Waals surface area contributed by atoms with Gasteiger partial charge in [-0.2, -0.15) is 0 Å². The lowest BCUT2D eigenvalue weighted by Crippen LogP contribution is -2.35. The lowest BCUT2D eigenvalue weighted by Gasteiger charge is -2.16. The van der Waals surface area contributed by atoms with Crippen molar-refractivity contribution in [3.8, 4) is 0 Å². The normalized spacial score (nSPS) is 21.1. The number of hydrogen-bond acceptors (Lipinski definition) is 3. The van der Waals surface area contributed by atoms with Crippen LogP contribution < -0.4 is 10.0 Å². The molecule has 1 aliphatic rings. The average Bonchev–Trinajstić information content (AvgIpc) is 2.60. The van der Waals surface area contributed by atoms with Crippen LogP contribution >= 0.6 is 0 Å². The summed E-state index contributed by atoms with van der Waals surface area (Å²) < 4.78 is 52.5. The Morgan fingerprint density at radius 2 is 1.95 bits per heavy atom. The van der Waals surface area contributed by atoms with E-state index in [1.807, 2.05) is 0 Å². The minimum atomic E-state index is -3.80. The van der Waals surface area contributed by atoms with Gasteiger partial charge in [0.15, 0.2) is 11.6 Å². The molecule has 1 unspecified atom stereocenters. The number of rotatable bonds is 3. The van der Waals surface area contributed by atoms with E-state index in [0.29, 0.717) is 12.5 Å². The third-order valence-corrected chi connectivity index (χ3v) is 4.62. The van der Waals surface area contributed by atoms with Gasteiger partial charge in [-0.25, -0.2) is 21.9 Å². The Hall–Kier alpha value is -1.05. The van der Waals surface area contributed by atoms with Crippen molar-refractivity contribution >= 4 is 10.0 Å². The van der Waals surface area contributed by atoms with Gasteiger partial charge in [0.2, 0.25) is 10.0 Å². The van der Waals surface area contributed by atoms with Gasteiger partial charge in [-0.05, 0) is 50.6 Å².